The zero-order valence-corrected chi connectivity index (χ0v) is 13.2. The van der Waals surface area contributed by atoms with Crippen LogP contribution in [0, 0.1) is 0 Å². The average molecular weight is 329 g/mol. The van der Waals surface area contributed by atoms with Crippen LogP contribution >= 0.6 is 23.4 Å². The van der Waals surface area contributed by atoms with Gasteiger partial charge in [-0.05, 0) is 25.2 Å². The number of oxime groups is 1. The van der Waals surface area contributed by atoms with Crippen molar-refractivity contribution in [1.82, 2.24) is 9.88 Å². The molecule has 1 fully saturated rings. The van der Waals surface area contributed by atoms with Gasteiger partial charge < -0.3 is 15.8 Å². The maximum absolute atomic E-state index is 12.5. The summed E-state index contributed by atoms with van der Waals surface area (Å²) in [6.07, 6.45) is 6.21. The van der Waals surface area contributed by atoms with E-state index in [4.69, 9.17) is 22.5 Å². The van der Waals surface area contributed by atoms with Crippen LogP contribution in [0.2, 0.25) is 5.02 Å². The van der Waals surface area contributed by atoms with Crippen LogP contribution in [0.15, 0.2) is 23.6 Å². The smallest absolute Gasteiger partial charge is 0.255 e. The second-order valence-electron chi connectivity index (χ2n) is 4.83. The molecule has 1 saturated heterocycles. The van der Waals surface area contributed by atoms with E-state index in [0.717, 1.165) is 0 Å². The Kier molecular flexibility index (Phi) is 4.95. The van der Waals surface area contributed by atoms with E-state index in [1.165, 1.54) is 6.20 Å². The van der Waals surface area contributed by atoms with Crippen LogP contribution in [0.5, 0.6) is 0 Å². The summed E-state index contributed by atoms with van der Waals surface area (Å²) in [5.74, 6) is 0.0978. The van der Waals surface area contributed by atoms with Gasteiger partial charge in [0.25, 0.3) is 5.91 Å². The first-order valence-electron chi connectivity index (χ1n) is 6.46. The predicted octanol–water partition coefficient (Wildman–Crippen LogP) is 1.82. The van der Waals surface area contributed by atoms with E-state index in [1.807, 2.05) is 6.26 Å². The standard InChI is InChI=1S/C13H17ClN4O2S/c1-21-13(12(15)17-20)3-6-18(7-4-13)11(19)9-2-5-16-8-10(9)14/h2,5,8,20H,3-4,6-7H2,1H3,(H2,15,17). The minimum absolute atomic E-state index is 0.114. The number of hydrogen-bond donors (Lipinski definition) is 2. The molecule has 114 valence electrons. The van der Waals surface area contributed by atoms with Crippen molar-refractivity contribution in [3.63, 3.8) is 0 Å². The Hall–Kier alpha value is -1.47. The molecule has 0 spiro atoms. The molecular formula is C13H17ClN4O2S. The Bertz CT molecular complexity index is 559. The summed E-state index contributed by atoms with van der Waals surface area (Å²) >= 11 is 7.56. The molecule has 0 aliphatic carbocycles. The van der Waals surface area contributed by atoms with Crippen LogP contribution in [-0.4, -0.2) is 50.9 Å². The molecule has 0 atom stereocenters. The van der Waals surface area contributed by atoms with Crippen LogP contribution in [0.4, 0.5) is 0 Å². The van der Waals surface area contributed by atoms with Gasteiger partial charge in [-0.3, -0.25) is 9.78 Å². The first kappa shape index (κ1) is 15.9. The zero-order chi connectivity index (χ0) is 15.5. The molecule has 0 aromatic carbocycles. The summed E-state index contributed by atoms with van der Waals surface area (Å²) in [5.41, 5.74) is 6.25. The number of halogens is 1. The summed E-state index contributed by atoms with van der Waals surface area (Å²) in [5, 5.41) is 12.4. The molecule has 0 unspecified atom stereocenters. The quantitative estimate of drug-likeness (QED) is 0.382. The topological polar surface area (TPSA) is 91.8 Å². The Morgan fingerprint density at radius 1 is 1.57 bits per heavy atom. The third kappa shape index (κ3) is 3.08. The second-order valence-corrected chi connectivity index (χ2v) is 6.43. The summed E-state index contributed by atoms with van der Waals surface area (Å²) in [6, 6.07) is 1.62. The minimum Gasteiger partial charge on any atom is -0.409 e. The lowest BCUT2D eigenvalue weighted by atomic mass is 9.94. The van der Waals surface area contributed by atoms with Crippen LogP contribution in [0.3, 0.4) is 0 Å². The molecule has 1 amide bonds. The fourth-order valence-corrected chi connectivity index (χ4v) is 3.49. The number of nitrogens with zero attached hydrogens (tertiary/aromatic N) is 3. The number of rotatable bonds is 3. The predicted molar refractivity (Wildman–Crippen MR) is 84.0 cm³/mol. The lowest BCUT2D eigenvalue weighted by Crippen LogP contribution is -2.51. The van der Waals surface area contributed by atoms with Gasteiger partial charge in [0.15, 0.2) is 5.84 Å². The Morgan fingerprint density at radius 3 is 2.76 bits per heavy atom. The Balaban J connectivity index is 2.11. The maximum atomic E-state index is 12.5. The highest BCUT2D eigenvalue weighted by Crippen LogP contribution is 2.35. The van der Waals surface area contributed by atoms with Crippen LogP contribution in [0.25, 0.3) is 0 Å². The number of thioether (sulfide) groups is 1. The normalized spacial score (nSPS) is 18.6. The number of amides is 1. The zero-order valence-electron chi connectivity index (χ0n) is 11.6. The molecule has 21 heavy (non-hydrogen) atoms. The lowest BCUT2D eigenvalue weighted by Gasteiger charge is -2.39. The third-order valence-corrected chi connectivity index (χ3v) is 5.53. The molecule has 3 N–H and O–H groups in total. The molecule has 1 aromatic rings. The monoisotopic (exact) mass is 328 g/mol. The SMILES string of the molecule is CSC1(C(N)=NO)CCN(C(=O)c2ccncc2Cl)CC1. The number of hydrogen-bond acceptors (Lipinski definition) is 5. The van der Waals surface area contributed by atoms with Crippen molar-refractivity contribution < 1.29 is 10.0 Å². The van der Waals surface area contributed by atoms with Crippen molar-refractivity contribution in [2.24, 2.45) is 10.9 Å². The van der Waals surface area contributed by atoms with Crippen LogP contribution in [0.1, 0.15) is 23.2 Å². The van der Waals surface area contributed by atoms with Crippen LogP contribution < -0.4 is 5.73 Å². The van der Waals surface area contributed by atoms with Crippen molar-refractivity contribution in [2.45, 2.75) is 17.6 Å². The Morgan fingerprint density at radius 2 is 2.24 bits per heavy atom. The molecule has 1 aliphatic rings. The summed E-state index contributed by atoms with van der Waals surface area (Å²) in [4.78, 5) is 18.1. The van der Waals surface area contributed by atoms with Crippen molar-refractivity contribution >= 4 is 35.1 Å². The van der Waals surface area contributed by atoms with Gasteiger partial charge in [0.1, 0.15) is 0 Å². The van der Waals surface area contributed by atoms with E-state index in [0.29, 0.717) is 36.5 Å². The number of pyridine rings is 1. The number of aromatic nitrogens is 1. The van der Waals surface area contributed by atoms with Gasteiger partial charge in [0.05, 0.1) is 15.3 Å². The van der Waals surface area contributed by atoms with Gasteiger partial charge in [0.2, 0.25) is 0 Å². The van der Waals surface area contributed by atoms with Gasteiger partial charge >= 0.3 is 0 Å². The summed E-state index contributed by atoms with van der Waals surface area (Å²) < 4.78 is -0.409. The highest BCUT2D eigenvalue weighted by Gasteiger charge is 2.39. The van der Waals surface area contributed by atoms with E-state index >= 15 is 0 Å². The number of piperidine rings is 1. The van der Waals surface area contributed by atoms with Crippen molar-refractivity contribution in [3.05, 3.63) is 29.0 Å². The summed E-state index contributed by atoms with van der Waals surface area (Å²) in [7, 11) is 0. The highest BCUT2D eigenvalue weighted by molar-refractivity contribution is 8.00. The number of carbonyl (C=O) groups is 1. The van der Waals surface area contributed by atoms with E-state index < -0.39 is 4.75 Å². The average Bonchev–Trinajstić information content (AvgIpc) is 2.54. The molecule has 8 heteroatoms. The number of carbonyl (C=O) groups excluding carboxylic acids is 1. The van der Waals surface area contributed by atoms with E-state index in [2.05, 4.69) is 10.1 Å². The largest absolute Gasteiger partial charge is 0.409 e. The molecule has 2 rings (SSSR count). The van der Waals surface area contributed by atoms with Crippen molar-refractivity contribution in [2.75, 3.05) is 19.3 Å². The highest BCUT2D eigenvalue weighted by atomic mass is 35.5. The van der Waals surface area contributed by atoms with E-state index in [-0.39, 0.29) is 11.7 Å². The molecule has 0 saturated carbocycles. The van der Waals surface area contributed by atoms with Crippen molar-refractivity contribution in [3.8, 4) is 0 Å². The minimum atomic E-state index is -0.409. The molecule has 0 bridgehead atoms. The third-order valence-electron chi connectivity index (χ3n) is 3.83. The first-order chi connectivity index (χ1) is 10.0. The number of likely N-dealkylation sites (tertiary alicyclic amines) is 1. The first-order valence-corrected chi connectivity index (χ1v) is 8.06. The van der Waals surface area contributed by atoms with Gasteiger partial charge in [-0.15, -0.1) is 0 Å². The molecule has 2 heterocycles. The number of amidine groups is 1. The lowest BCUT2D eigenvalue weighted by molar-refractivity contribution is 0.0718. The van der Waals surface area contributed by atoms with Gasteiger partial charge in [-0.2, -0.15) is 11.8 Å². The Labute approximate surface area is 132 Å². The maximum Gasteiger partial charge on any atom is 0.255 e. The van der Waals surface area contributed by atoms with Crippen molar-refractivity contribution in [1.29, 1.82) is 0 Å². The van der Waals surface area contributed by atoms with Gasteiger partial charge in [-0.1, -0.05) is 16.8 Å². The fourth-order valence-electron chi connectivity index (χ4n) is 2.45. The molecule has 0 radical (unpaired) electrons. The van der Waals surface area contributed by atoms with Gasteiger partial charge in [-0.25, -0.2) is 0 Å². The van der Waals surface area contributed by atoms with E-state index in [9.17, 15) is 4.79 Å². The fraction of sp³-hybridized carbons (Fsp3) is 0.462. The summed E-state index contributed by atoms with van der Waals surface area (Å²) in [6.45, 7) is 1.07. The molecule has 6 nitrogen and oxygen atoms in total. The van der Waals surface area contributed by atoms with Crippen LogP contribution in [-0.2, 0) is 0 Å². The number of nitrogens with two attached hydrogens (primary N) is 1. The second kappa shape index (κ2) is 6.53. The van der Waals surface area contributed by atoms with E-state index in [1.54, 1.807) is 28.9 Å². The molecule has 1 aromatic heterocycles. The molecular weight excluding hydrogens is 312 g/mol. The van der Waals surface area contributed by atoms with Gasteiger partial charge in [0, 0.05) is 25.5 Å². The molecule has 1 aliphatic heterocycles.